The topological polar surface area (TPSA) is 67.0 Å². The summed E-state index contributed by atoms with van der Waals surface area (Å²) in [6, 6.07) is 17.5. The summed E-state index contributed by atoms with van der Waals surface area (Å²) in [5, 5.41) is 12.5. The Labute approximate surface area is 190 Å². The summed E-state index contributed by atoms with van der Waals surface area (Å²) in [6.45, 7) is 10.7. The zero-order chi connectivity index (χ0) is 23.3. The molecular formula is C27H29N3O2. The Morgan fingerprint density at radius 2 is 1.88 bits per heavy atom. The van der Waals surface area contributed by atoms with Crippen LogP contribution in [0.3, 0.4) is 0 Å². The standard InChI is InChI=1S/C27H29N3O2/c1-6-21-11-8-10-18(3)26(21)30-19(4)14-22(20(30)5)15-23(17-28)27(31)29-24-12-9-13-25(16-24)32-7-2/h8-16H,6-7H2,1-5H3,(H,29,31)/b23-15-. The molecule has 0 saturated carbocycles. The zero-order valence-electron chi connectivity index (χ0n) is 19.3. The molecule has 0 aliphatic rings. The highest BCUT2D eigenvalue weighted by Gasteiger charge is 2.16. The second-order valence-electron chi connectivity index (χ2n) is 7.68. The lowest BCUT2D eigenvalue weighted by atomic mass is 10.1. The number of benzene rings is 2. The highest BCUT2D eigenvalue weighted by Crippen LogP contribution is 2.28. The number of carbonyl (C=O) groups excluding carboxylic acids is 1. The van der Waals surface area contributed by atoms with Gasteiger partial charge in [0.1, 0.15) is 17.4 Å². The molecule has 0 aliphatic carbocycles. The van der Waals surface area contributed by atoms with Gasteiger partial charge < -0.3 is 14.6 Å². The number of nitriles is 1. The van der Waals surface area contributed by atoms with Crippen molar-refractivity contribution in [1.29, 1.82) is 5.26 Å². The van der Waals surface area contributed by atoms with Gasteiger partial charge in [-0.3, -0.25) is 4.79 Å². The fraction of sp³-hybridized carbons (Fsp3) is 0.259. The number of nitrogens with one attached hydrogen (secondary N) is 1. The third kappa shape index (κ3) is 4.76. The Bertz CT molecular complexity index is 1210. The van der Waals surface area contributed by atoms with Crippen LogP contribution in [-0.4, -0.2) is 17.1 Å². The maximum absolute atomic E-state index is 12.8. The molecular weight excluding hydrogens is 398 g/mol. The number of hydrogen-bond acceptors (Lipinski definition) is 3. The first-order valence-corrected chi connectivity index (χ1v) is 10.8. The van der Waals surface area contributed by atoms with Crippen molar-refractivity contribution in [3.8, 4) is 17.5 Å². The number of amides is 1. The number of aryl methyl sites for hydroxylation is 3. The smallest absolute Gasteiger partial charge is 0.266 e. The van der Waals surface area contributed by atoms with Crippen LogP contribution in [0.25, 0.3) is 11.8 Å². The molecule has 0 fully saturated rings. The minimum Gasteiger partial charge on any atom is -0.494 e. The molecule has 0 atom stereocenters. The molecule has 0 aliphatic heterocycles. The Hall–Kier alpha value is -3.78. The number of carbonyl (C=O) groups is 1. The van der Waals surface area contributed by atoms with Gasteiger partial charge in [-0.2, -0.15) is 5.26 Å². The van der Waals surface area contributed by atoms with Gasteiger partial charge in [-0.05, 0) is 75.1 Å². The molecule has 0 saturated heterocycles. The maximum Gasteiger partial charge on any atom is 0.266 e. The summed E-state index contributed by atoms with van der Waals surface area (Å²) in [6.07, 6.45) is 2.58. The molecule has 164 valence electrons. The average Bonchev–Trinajstić information content (AvgIpc) is 3.05. The number of nitrogens with zero attached hydrogens (tertiary/aromatic N) is 2. The predicted molar refractivity (Wildman–Crippen MR) is 129 cm³/mol. The van der Waals surface area contributed by atoms with E-state index in [0.717, 1.165) is 23.4 Å². The summed E-state index contributed by atoms with van der Waals surface area (Å²) < 4.78 is 7.69. The van der Waals surface area contributed by atoms with Gasteiger partial charge in [0, 0.05) is 23.1 Å². The third-order valence-corrected chi connectivity index (χ3v) is 5.46. The fourth-order valence-electron chi connectivity index (χ4n) is 3.94. The van der Waals surface area contributed by atoms with Crippen LogP contribution in [0.2, 0.25) is 0 Å². The highest BCUT2D eigenvalue weighted by atomic mass is 16.5. The molecule has 0 spiro atoms. The maximum atomic E-state index is 12.8. The lowest BCUT2D eigenvalue weighted by Crippen LogP contribution is -2.13. The Morgan fingerprint density at radius 3 is 2.56 bits per heavy atom. The number of ether oxygens (including phenoxy) is 1. The van der Waals surface area contributed by atoms with Crippen LogP contribution in [-0.2, 0) is 11.2 Å². The fourth-order valence-corrected chi connectivity index (χ4v) is 3.94. The van der Waals surface area contributed by atoms with Crippen molar-refractivity contribution in [2.24, 2.45) is 0 Å². The van der Waals surface area contributed by atoms with E-state index in [9.17, 15) is 10.1 Å². The SMILES string of the molecule is CCOc1cccc(NC(=O)/C(C#N)=C\c2cc(C)n(-c3c(C)cccc3CC)c2C)c1. The van der Waals surface area contributed by atoms with Crippen LogP contribution in [0.1, 0.15) is 41.9 Å². The molecule has 1 amide bonds. The van der Waals surface area contributed by atoms with Crippen LogP contribution in [0, 0.1) is 32.1 Å². The Morgan fingerprint density at radius 1 is 1.12 bits per heavy atom. The zero-order valence-corrected chi connectivity index (χ0v) is 19.3. The van der Waals surface area contributed by atoms with Crippen LogP contribution >= 0.6 is 0 Å². The van der Waals surface area contributed by atoms with Crippen molar-refractivity contribution in [2.45, 2.75) is 41.0 Å². The van der Waals surface area contributed by atoms with Gasteiger partial charge in [0.15, 0.2) is 0 Å². The highest BCUT2D eigenvalue weighted by molar-refractivity contribution is 6.09. The van der Waals surface area contributed by atoms with Crippen molar-refractivity contribution in [3.05, 3.63) is 82.2 Å². The minimum absolute atomic E-state index is 0.0487. The van der Waals surface area contributed by atoms with E-state index in [1.54, 1.807) is 24.3 Å². The quantitative estimate of drug-likeness (QED) is 0.376. The molecule has 1 N–H and O–H groups in total. The summed E-state index contributed by atoms with van der Waals surface area (Å²) in [5.74, 6) is 0.220. The second-order valence-corrected chi connectivity index (χ2v) is 7.68. The van der Waals surface area contributed by atoms with Gasteiger partial charge in [-0.25, -0.2) is 0 Å². The molecule has 2 aromatic carbocycles. The van der Waals surface area contributed by atoms with Crippen LogP contribution in [0.5, 0.6) is 5.75 Å². The molecule has 3 rings (SSSR count). The third-order valence-electron chi connectivity index (χ3n) is 5.46. The normalized spacial score (nSPS) is 11.2. The van der Waals surface area contributed by atoms with Crippen molar-refractivity contribution < 1.29 is 9.53 Å². The monoisotopic (exact) mass is 427 g/mol. The van der Waals surface area contributed by atoms with E-state index < -0.39 is 5.91 Å². The van der Waals surface area contributed by atoms with Gasteiger partial charge >= 0.3 is 0 Å². The van der Waals surface area contributed by atoms with Crippen molar-refractivity contribution >= 4 is 17.7 Å². The molecule has 1 aromatic heterocycles. The number of aromatic nitrogens is 1. The van der Waals surface area contributed by atoms with E-state index in [1.165, 1.54) is 16.8 Å². The summed E-state index contributed by atoms with van der Waals surface area (Å²) in [4.78, 5) is 12.8. The van der Waals surface area contributed by atoms with Crippen molar-refractivity contribution in [2.75, 3.05) is 11.9 Å². The van der Waals surface area contributed by atoms with Gasteiger partial charge in [0.25, 0.3) is 5.91 Å². The number of anilines is 1. The molecule has 32 heavy (non-hydrogen) atoms. The van der Waals surface area contributed by atoms with Gasteiger partial charge in [0.2, 0.25) is 0 Å². The average molecular weight is 428 g/mol. The Kier molecular flexibility index (Phi) is 7.17. The van der Waals surface area contributed by atoms with E-state index in [0.29, 0.717) is 18.0 Å². The number of rotatable bonds is 7. The van der Waals surface area contributed by atoms with Crippen LogP contribution in [0.15, 0.2) is 54.1 Å². The molecule has 0 bridgehead atoms. The first kappa shape index (κ1) is 22.9. The van der Waals surface area contributed by atoms with Crippen molar-refractivity contribution in [1.82, 2.24) is 4.57 Å². The van der Waals surface area contributed by atoms with E-state index in [4.69, 9.17) is 4.74 Å². The predicted octanol–water partition coefficient (Wildman–Crippen LogP) is 5.91. The molecule has 0 unspecified atom stereocenters. The largest absolute Gasteiger partial charge is 0.494 e. The van der Waals surface area contributed by atoms with Crippen LogP contribution in [0.4, 0.5) is 5.69 Å². The number of hydrogen-bond donors (Lipinski definition) is 1. The molecule has 3 aromatic rings. The lowest BCUT2D eigenvalue weighted by molar-refractivity contribution is -0.112. The number of para-hydroxylation sites is 1. The molecule has 0 radical (unpaired) electrons. The second kappa shape index (κ2) is 10.0. The molecule has 1 heterocycles. The first-order valence-electron chi connectivity index (χ1n) is 10.8. The first-order chi connectivity index (χ1) is 15.4. The van der Waals surface area contributed by atoms with E-state index in [1.807, 2.05) is 39.0 Å². The van der Waals surface area contributed by atoms with Crippen molar-refractivity contribution in [3.63, 3.8) is 0 Å². The molecule has 5 nitrogen and oxygen atoms in total. The van der Waals surface area contributed by atoms with E-state index >= 15 is 0 Å². The summed E-state index contributed by atoms with van der Waals surface area (Å²) in [5.41, 5.74) is 7.14. The van der Waals surface area contributed by atoms with Gasteiger partial charge in [-0.1, -0.05) is 31.2 Å². The van der Waals surface area contributed by atoms with Gasteiger partial charge in [-0.15, -0.1) is 0 Å². The summed E-state index contributed by atoms with van der Waals surface area (Å²) >= 11 is 0. The lowest BCUT2D eigenvalue weighted by Gasteiger charge is -2.17. The van der Waals surface area contributed by atoms with Gasteiger partial charge in [0.05, 0.1) is 12.3 Å². The minimum atomic E-state index is -0.448. The summed E-state index contributed by atoms with van der Waals surface area (Å²) in [7, 11) is 0. The van der Waals surface area contributed by atoms with Crippen LogP contribution < -0.4 is 10.1 Å². The van der Waals surface area contributed by atoms with E-state index in [2.05, 4.69) is 41.9 Å². The molecule has 5 heteroatoms. The van der Waals surface area contributed by atoms with E-state index in [-0.39, 0.29) is 5.57 Å². The Balaban J connectivity index is 1.96.